The molecule has 3 nitrogen and oxygen atoms in total. The maximum atomic E-state index is 5.77. The van der Waals surface area contributed by atoms with Gasteiger partial charge in [0.1, 0.15) is 11.5 Å². The number of hydrogen-bond acceptors (Lipinski definition) is 3. The molecular weight excluding hydrogens is 224 g/mol. The van der Waals surface area contributed by atoms with Crippen molar-refractivity contribution in [3.8, 4) is 11.5 Å². The lowest BCUT2D eigenvalue weighted by atomic mass is 10.2. The molecule has 18 heavy (non-hydrogen) atoms. The Morgan fingerprint density at radius 2 is 1.83 bits per heavy atom. The van der Waals surface area contributed by atoms with Crippen molar-refractivity contribution in [1.82, 2.24) is 10.3 Å². The van der Waals surface area contributed by atoms with Crippen LogP contribution in [0.15, 0.2) is 42.7 Å². The van der Waals surface area contributed by atoms with E-state index in [4.69, 9.17) is 4.74 Å². The van der Waals surface area contributed by atoms with Crippen LogP contribution in [0.5, 0.6) is 11.5 Å². The molecular formula is C15H18N2O. The van der Waals surface area contributed by atoms with Gasteiger partial charge in [-0.15, -0.1) is 0 Å². The molecule has 2 aromatic rings. The van der Waals surface area contributed by atoms with E-state index in [9.17, 15) is 0 Å². The lowest BCUT2D eigenvalue weighted by Crippen LogP contribution is -2.05. The molecule has 0 aliphatic rings. The molecule has 3 heteroatoms. The van der Waals surface area contributed by atoms with E-state index in [2.05, 4.69) is 29.4 Å². The molecule has 0 atom stereocenters. The van der Waals surface area contributed by atoms with Crippen molar-refractivity contribution in [2.75, 3.05) is 7.05 Å². The standard InChI is InChI=1S/C15H18N2O/c1-3-12-4-6-14(7-5-12)18-15-8-13(9-16-2)10-17-11-15/h4-8,10-11,16H,3,9H2,1-2H3. The number of ether oxygens (including phenoxy) is 1. The highest BCUT2D eigenvalue weighted by atomic mass is 16.5. The van der Waals surface area contributed by atoms with E-state index in [0.29, 0.717) is 0 Å². The van der Waals surface area contributed by atoms with E-state index < -0.39 is 0 Å². The Balaban J connectivity index is 2.09. The summed E-state index contributed by atoms with van der Waals surface area (Å²) in [6, 6.07) is 10.1. The van der Waals surface area contributed by atoms with Gasteiger partial charge in [-0.3, -0.25) is 4.98 Å². The maximum absolute atomic E-state index is 5.77. The van der Waals surface area contributed by atoms with Crippen molar-refractivity contribution < 1.29 is 4.74 Å². The molecule has 0 spiro atoms. The Bertz CT molecular complexity index is 494. The summed E-state index contributed by atoms with van der Waals surface area (Å²) in [7, 11) is 1.91. The fourth-order valence-corrected chi connectivity index (χ4v) is 1.75. The smallest absolute Gasteiger partial charge is 0.146 e. The lowest BCUT2D eigenvalue weighted by Gasteiger charge is -2.07. The summed E-state index contributed by atoms with van der Waals surface area (Å²) in [5.41, 5.74) is 2.42. The van der Waals surface area contributed by atoms with Gasteiger partial charge >= 0.3 is 0 Å². The van der Waals surface area contributed by atoms with E-state index in [-0.39, 0.29) is 0 Å². The Morgan fingerprint density at radius 1 is 1.06 bits per heavy atom. The molecule has 1 N–H and O–H groups in total. The monoisotopic (exact) mass is 242 g/mol. The van der Waals surface area contributed by atoms with Crippen LogP contribution in [0.2, 0.25) is 0 Å². The lowest BCUT2D eigenvalue weighted by molar-refractivity contribution is 0.479. The number of hydrogen-bond donors (Lipinski definition) is 1. The van der Waals surface area contributed by atoms with Crippen LogP contribution < -0.4 is 10.1 Å². The maximum Gasteiger partial charge on any atom is 0.146 e. The number of nitrogens with one attached hydrogen (secondary N) is 1. The Labute approximate surface area is 108 Å². The quantitative estimate of drug-likeness (QED) is 0.874. The van der Waals surface area contributed by atoms with E-state index >= 15 is 0 Å². The van der Waals surface area contributed by atoms with Crippen molar-refractivity contribution in [2.45, 2.75) is 19.9 Å². The molecule has 0 radical (unpaired) electrons. The molecule has 0 fully saturated rings. The van der Waals surface area contributed by atoms with Crippen LogP contribution in [0, 0.1) is 0 Å². The first-order valence-corrected chi connectivity index (χ1v) is 6.17. The summed E-state index contributed by atoms with van der Waals surface area (Å²) in [5, 5.41) is 3.09. The van der Waals surface area contributed by atoms with Crippen LogP contribution in [-0.4, -0.2) is 12.0 Å². The second-order valence-corrected chi connectivity index (χ2v) is 4.16. The highest BCUT2D eigenvalue weighted by Crippen LogP contribution is 2.21. The van der Waals surface area contributed by atoms with Crippen molar-refractivity contribution in [1.29, 1.82) is 0 Å². The molecule has 1 aromatic heterocycles. The average molecular weight is 242 g/mol. The number of aryl methyl sites for hydroxylation is 1. The van der Waals surface area contributed by atoms with Gasteiger partial charge in [-0.2, -0.15) is 0 Å². The summed E-state index contributed by atoms with van der Waals surface area (Å²) in [6.45, 7) is 2.93. The van der Waals surface area contributed by atoms with Crippen LogP contribution in [0.4, 0.5) is 0 Å². The minimum Gasteiger partial charge on any atom is -0.456 e. The van der Waals surface area contributed by atoms with Crippen LogP contribution in [-0.2, 0) is 13.0 Å². The van der Waals surface area contributed by atoms with Gasteiger partial charge in [-0.05, 0) is 42.8 Å². The summed E-state index contributed by atoms with van der Waals surface area (Å²) >= 11 is 0. The Morgan fingerprint density at radius 3 is 2.50 bits per heavy atom. The Kier molecular flexibility index (Phi) is 4.31. The van der Waals surface area contributed by atoms with Gasteiger partial charge in [-0.25, -0.2) is 0 Å². The topological polar surface area (TPSA) is 34.1 Å². The zero-order chi connectivity index (χ0) is 12.8. The van der Waals surface area contributed by atoms with Gasteiger partial charge in [-0.1, -0.05) is 19.1 Å². The highest BCUT2D eigenvalue weighted by molar-refractivity contribution is 5.33. The zero-order valence-corrected chi connectivity index (χ0v) is 10.8. The van der Waals surface area contributed by atoms with Crippen molar-refractivity contribution >= 4 is 0 Å². The number of aromatic nitrogens is 1. The van der Waals surface area contributed by atoms with Crippen molar-refractivity contribution in [2.24, 2.45) is 0 Å². The van der Waals surface area contributed by atoms with Crippen LogP contribution >= 0.6 is 0 Å². The summed E-state index contributed by atoms with van der Waals surface area (Å²) < 4.78 is 5.77. The molecule has 0 aliphatic heterocycles. The number of nitrogens with zero attached hydrogens (tertiary/aromatic N) is 1. The van der Waals surface area contributed by atoms with Crippen LogP contribution in [0.1, 0.15) is 18.1 Å². The van der Waals surface area contributed by atoms with Gasteiger partial charge in [0.25, 0.3) is 0 Å². The largest absolute Gasteiger partial charge is 0.456 e. The molecule has 0 amide bonds. The molecule has 0 saturated carbocycles. The first kappa shape index (κ1) is 12.6. The molecule has 1 heterocycles. The summed E-state index contributed by atoms with van der Waals surface area (Å²) in [6.07, 6.45) is 4.61. The van der Waals surface area contributed by atoms with E-state index in [1.54, 1.807) is 6.20 Å². The molecule has 0 saturated heterocycles. The molecule has 94 valence electrons. The van der Waals surface area contributed by atoms with Crippen molar-refractivity contribution in [3.63, 3.8) is 0 Å². The second kappa shape index (κ2) is 6.17. The number of rotatable bonds is 5. The second-order valence-electron chi connectivity index (χ2n) is 4.16. The predicted molar refractivity (Wildman–Crippen MR) is 72.9 cm³/mol. The Hall–Kier alpha value is -1.87. The van der Waals surface area contributed by atoms with E-state index in [0.717, 1.165) is 30.0 Å². The summed E-state index contributed by atoms with van der Waals surface area (Å²) in [5.74, 6) is 1.61. The SMILES string of the molecule is CCc1ccc(Oc2cncc(CNC)c2)cc1. The third-order valence-electron chi connectivity index (χ3n) is 2.72. The number of pyridine rings is 1. The minimum absolute atomic E-state index is 0.770. The van der Waals surface area contributed by atoms with Gasteiger partial charge in [0.2, 0.25) is 0 Å². The predicted octanol–water partition coefficient (Wildman–Crippen LogP) is 3.16. The zero-order valence-electron chi connectivity index (χ0n) is 10.8. The fraction of sp³-hybridized carbons (Fsp3) is 0.267. The molecule has 0 unspecified atom stereocenters. The van der Waals surface area contributed by atoms with Gasteiger partial charge < -0.3 is 10.1 Å². The first-order chi connectivity index (χ1) is 8.81. The molecule has 2 rings (SSSR count). The van der Waals surface area contributed by atoms with Crippen LogP contribution in [0.25, 0.3) is 0 Å². The van der Waals surface area contributed by atoms with Gasteiger partial charge in [0.15, 0.2) is 0 Å². The van der Waals surface area contributed by atoms with Crippen LogP contribution in [0.3, 0.4) is 0 Å². The van der Waals surface area contributed by atoms with Gasteiger partial charge in [0, 0.05) is 12.7 Å². The molecule has 0 bridgehead atoms. The highest BCUT2D eigenvalue weighted by Gasteiger charge is 2.00. The first-order valence-electron chi connectivity index (χ1n) is 6.17. The fourth-order valence-electron chi connectivity index (χ4n) is 1.75. The minimum atomic E-state index is 0.770. The van der Waals surface area contributed by atoms with Crippen molar-refractivity contribution in [3.05, 3.63) is 53.9 Å². The summed E-state index contributed by atoms with van der Waals surface area (Å²) in [4.78, 5) is 4.17. The average Bonchev–Trinajstić information content (AvgIpc) is 2.40. The normalized spacial score (nSPS) is 10.3. The van der Waals surface area contributed by atoms with E-state index in [1.807, 2.05) is 31.4 Å². The third kappa shape index (κ3) is 3.31. The van der Waals surface area contributed by atoms with E-state index in [1.165, 1.54) is 5.56 Å². The third-order valence-corrected chi connectivity index (χ3v) is 2.72. The molecule has 1 aromatic carbocycles. The molecule has 0 aliphatic carbocycles. The number of benzene rings is 1. The van der Waals surface area contributed by atoms with Gasteiger partial charge in [0.05, 0.1) is 6.20 Å².